The van der Waals surface area contributed by atoms with E-state index in [9.17, 15) is 28.3 Å². The Hall–Kier alpha value is -4.07. The Balaban J connectivity index is 1.45. The number of anilines is 1. The third-order valence-electron chi connectivity index (χ3n) is 5.47. The molecule has 0 saturated carbocycles. The number of H-pyrrole nitrogens is 1. The van der Waals surface area contributed by atoms with Crippen molar-refractivity contribution in [2.45, 2.75) is 18.6 Å². The second-order valence-corrected chi connectivity index (χ2v) is 9.13. The van der Waals surface area contributed by atoms with Crippen LogP contribution in [-0.4, -0.2) is 64.9 Å². The monoisotopic (exact) mass is 577 g/mol. The Morgan fingerprint density at radius 2 is 2.05 bits per heavy atom. The second kappa shape index (κ2) is 11.3. The van der Waals surface area contributed by atoms with E-state index in [0.29, 0.717) is 27.0 Å². The lowest BCUT2D eigenvalue weighted by Gasteiger charge is -2.19. The van der Waals surface area contributed by atoms with E-state index in [1.165, 1.54) is 18.2 Å². The molecule has 2 amide bonds. The highest BCUT2D eigenvalue weighted by molar-refractivity contribution is 9.10. The van der Waals surface area contributed by atoms with Crippen LogP contribution in [0.5, 0.6) is 0 Å². The predicted molar refractivity (Wildman–Crippen MR) is 134 cm³/mol. The first-order chi connectivity index (χ1) is 17.7. The molecule has 1 aromatic heterocycles. The summed E-state index contributed by atoms with van der Waals surface area (Å²) in [4.78, 5) is 40.7. The first kappa shape index (κ1) is 26.0. The highest BCUT2D eigenvalue weighted by Crippen LogP contribution is 2.25. The molecule has 0 fully saturated rings. The number of guanidine groups is 1. The van der Waals surface area contributed by atoms with E-state index < -0.39 is 48.8 Å². The molecule has 2 heterocycles. The standard InChI is InChI=1S/C23H22BrF2N7O4/c24-12-1-2-16(26)14(5-12)18(6-21(35)36)31-20(34)10-27-22(37)11-3-17(15-9-30-33-19(15)4-11)32-23-28-7-13(25)8-29-23/h1-5,9,13,18H,6-8,10H2,(H,27,37)(H,30,33)(H,31,34)(H,35,36)(H2,28,29,32)/t18-/m0/s1. The van der Waals surface area contributed by atoms with Gasteiger partial charge in [0.2, 0.25) is 5.91 Å². The minimum absolute atomic E-state index is 0.00446. The maximum atomic E-state index is 14.3. The smallest absolute Gasteiger partial charge is 0.305 e. The molecule has 2 aromatic carbocycles. The van der Waals surface area contributed by atoms with Crippen LogP contribution in [0.3, 0.4) is 0 Å². The minimum Gasteiger partial charge on any atom is -0.481 e. The predicted octanol–water partition coefficient (Wildman–Crippen LogP) is 2.24. The fourth-order valence-electron chi connectivity index (χ4n) is 3.72. The molecule has 0 bridgehead atoms. The highest BCUT2D eigenvalue weighted by atomic mass is 79.9. The number of benzene rings is 2. The van der Waals surface area contributed by atoms with Crippen LogP contribution in [0.4, 0.5) is 14.5 Å². The van der Waals surface area contributed by atoms with Gasteiger partial charge in [0.25, 0.3) is 5.91 Å². The maximum absolute atomic E-state index is 14.3. The van der Waals surface area contributed by atoms with Crippen molar-refractivity contribution in [1.29, 1.82) is 0 Å². The summed E-state index contributed by atoms with van der Waals surface area (Å²) in [6, 6.07) is 5.91. The number of rotatable bonds is 8. The molecule has 6 N–H and O–H groups in total. The van der Waals surface area contributed by atoms with Crippen LogP contribution >= 0.6 is 15.9 Å². The zero-order valence-electron chi connectivity index (χ0n) is 19.1. The third kappa shape index (κ3) is 6.58. The van der Waals surface area contributed by atoms with Crippen molar-refractivity contribution in [3.05, 3.63) is 57.9 Å². The van der Waals surface area contributed by atoms with Crippen molar-refractivity contribution in [2.24, 2.45) is 4.99 Å². The molecule has 1 aliphatic rings. The van der Waals surface area contributed by atoms with E-state index in [2.05, 4.69) is 52.4 Å². The summed E-state index contributed by atoms with van der Waals surface area (Å²) in [5.74, 6) is -2.87. The quantitative estimate of drug-likeness (QED) is 0.239. The lowest BCUT2D eigenvalue weighted by molar-refractivity contribution is -0.137. The van der Waals surface area contributed by atoms with E-state index in [-0.39, 0.29) is 24.2 Å². The molecule has 194 valence electrons. The number of nitrogens with zero attached hydrogens (tertiary/aromatic N) is 2. The first-order valence-electron chi connectivity index (χ1n) is 11.1. The summed E-state index contributed by atoms with van der Waals surface area (Å²) in [7, 11) is 0. The number of halogens is 3. The lowest BCUT2D eigenvalue weighted by Crippen LogP contribution is -2.41. The number of carboxylic acids is 1. The topological polar surface area (TPSA) is 161 Å². The summed E-state index contributed by atoms with van der Waals surface area (Å²) in [5.41, 5.74) is 1.20. The molecule has 14 heteroatoms. The fraction of sp³-hybridized carbons (Fsp3) is 0.261. The number of amides is 2. The van der Waals surface area contributed by atoms with Gasteiger partial charge >= 0.3 is 5.97 Å². The number of hydrogen-bond acceptors (Lipinski definition) is 7. The molecule has 2 atom stereocenters. The number of aliphatic carboxylic acids is 1. The molecule has 4 rings (SSSR count). The van der Waals surface area contributed by atoms with E-state index >= 15 is 0 Å². The van der Waals surface area contributed by atoms with Crippen LogP contribution in [0.25, 0.3) is 10.9 Å². The van der Waals surface area contributed by atoms with Crippen LogP contribution in [-0.2, 0) is 9.59 Å². The molecule has 1 aliphatic heterocycles. The van der Waals surface area contributed by atoms with Gasteiger partial charge in [0, 0.05) is 21.0 Å². The van der Waals surface area contributed by atoms with E-state index in [0.717, 1.165) is 6.07 Å². The molecular weight excluding hydrogens is 556 g/mol. The Labute approximate surface area is 217 Å². The summed E-state index contributed by atoms with van der Waals surface area (Å²) in [6.07, 6.45) is -0.0879. The number of nitrogens with one attached hydrogen (secondary N) is 5. The number of aromatic amines is 1. The van der Waals surface area contributed by atoms with E-state index in [1.54, 1.807) is 12.3 Å². The van der Waals surface area contributed by atoms with E-state index in [1.807, 2.05) is 0 Å². The number of aromatic nitrogens is 2. The Morgan fingerprint density at radius 3 is 2.78 bits per heavy atom. The van der Waals surface area contributed by atoms with Gasteiger partial charge in [-0.05, 0) is 30.3 Å². The molecule has 0 radical (unpaired) electrons. The van der Waals surface area contributed by atoms with Gasteiger partial charge < -0.3 is 26.4 Å². The number of aliphatic imine (C=N–C) groups is 1. The van der Waals surface area contributed by atoms with Crippen molar-refractivity contribution in [3.8, 4) is 0 Å². The minimum atomic E-state index is -1.24. The highest BCUT2D eigenvalue weighted by Gasteiger charge is 2.22. The Kier molecular flexibility index (Phi) is 7.96. The SMILES string of the molecule is O=C(O)C[C@H](NC(=O)CNC(=O)c1cc(NC2=NCC(F)CN2)c2cn[nH]c2c1)c1cc(Br)ccc1F. The number of carboxylic acid groups (broad SMARTS) is 1. The first-order valence-corrected chi connectivity index (χ1v) is 11.9. The summed E-state index contributed by atoms with van der Waals surface area (Å²) in [6.45, 7) is -0.380. The number of alkyl halides is 1. The summed E-state index contributed by atoms with van der Waals surface area (Å²) >= 11 is 3.20. The zero-order valence-corrected chi connectivity index (χ0v) is 20.7. The van der Waals surface area contributed by atoms with Crippen LogP contribution in [0.15, 0.2) is 46.0 Å². The average molecular weight is 578 g/mol. The number of fused-ring (bicyclic) bond motifs is 1. The van der Waals surface area contributed by atoms with Gasteiger partial charge in [-0.15, -0.1) is 0 Å². The fourth-order valence-corrected chi connectivity index (χ4v) is 4.10. The van der Waals surface area contributed by atoms with Crippen molar-refractivity contribution in [1.82, 2.24) is 26.1 Å². The number of carbonyl (C=O) groups excluding carboxylic acids is 2. The molecular formula is C23H22BrF2N7O4. The van der Waals surface area contributed by atoms with Gasteiger partial charge in [-0.25, -0.2) is 13.8 Å². The van der Waals surface area contributed by atoms with Crippen molar-refractivity contribution < 1.29 is 28.3 Å². The maximum Gasteiger partial charge on any atom is 0.305 e. The molecule has 0 saturated heterocycles. The number of carbonyl (C=O) groups is 3. The van der Waals surface area contributed by atoms with Gasteiger partial charge in [-0.1, -0.05) is 15.9 Å². The van der Waals surface area contributed by atoms with Crippen LogP contribution in [0.2, 0.25) is 0 Å². The zero-order chi connectivity index (χ0) is 26.5. The normalized spacial score (nSPS) is 15.9. The van der Waals surface area contributed by atoms with Crippen molar-refractivity contribution >= 4 is 56.3 Å². The molecule has 0 aliphatic carbocycles. The third-order valence-corrected chi connectivity index (χ3v) is 5.96. The Bertz CT molecular complexity index is 1380. The number of hydrogen-bond donors (Lipinski definition) is 6. The summed E-state index contributed by atoms with van der Waals surface area (Å²) in [5, 5.41) is 27.4. The van der Waals surface area contributed by atoms with Gasteiger partial charge in [-0.3, -0.25) is 19.5 Å². The molecule has 3 aromatic rings. The lowest BCUT2D eigenvalue weighted by atomic mass is 10.0. The molecule has 11 nitrogen and oxygen atoms in total. The van der Waals surface area contributed by atoms with Gasteiger partial charge in [0.15, 0.2) is 5.96 Å². The van der Waals surface area contributed by atoms with Gasteiger partial charge in [0.1, 0.15) is 12.0 Å². The van der Waals surface area contributed by atoms with E-state index in [4.69, 9.17) is 0 Å². The van der Waals surface area contributed by atoms with Gasteiger partial charge in [0.05, 0.1) is 49.5 Å². The van der Waals surface area contributed by atoms with Crippen LogP contribution in [0.1, 0.15) is 28.4 Å². The van der Waals surface area contributed by atoms with Crippen molar-refractivity contribution in [3.63, 3.8) is 0 Å². The largest absolute Gasteiger partial charge is 0.481 e. The summed E-state index contributed by atoms with van der Waals surface area (Å²) < 4.78 is 28.2. The second-order valence-electron chi connectivity index (χ2n) is 8.21. The van der Waals surface area contributed by atoms with Crippen LogP contribution in [0, 0.1) is 5.82 Å². The average Bonchev–Trinajstić information content (AvgIpc) is 3.34. The molecule has 0 spiro atoms. The molecule has 1 unspecified atom stereocenters. The van der Waals surface area contributed by atoms with Crippen LogP contribution < -0.4 is 21.3 Å². The Morgan fingerprint density at radius 1 is 1.24 bits per heavy atom. The molecule has 37 heavy (non-hydrogen) atoms. The van der Waals surface area contributed by atoms with Gasteiger partial charge in [-0.2, -0.15) is 5.10 Å². The van der Waals surface area contributed by atoms with Crippen molar-refractivity contribution in [2.75, 3.05) is 25.0 Å².